The molecule has 1 aromatic heterocycles. The summed E-state index contributed by atoms with van der Waals surface area (Å²) < 4.78 is 1.79. The van der Waals surface area contributed by atoms with E-state index in [1.54, 1.807) is 10.9 Å². The van der Waals surface area contributed by atoms with Gasteiger partial charge in [-0.3, -0.25) is 4.79 Å². The molecule has 6 nitrogen and oxygen atoms in total. The summed E-state index contributed by atoms with van der Waals surface area (Å²) in [4.78, 5) is 14.4. The summed E-state index contributed by atoms with van der Waals surface area (Å²) in [6, 6.07) is 17.9. The van der Waals surface area contributed by atoms with Crippen LogP contribution in [0.25, 0.3) is 5.69 Å². The van der Waals surface area contributed by atoms with Crippen LogP contribution in [0.4, 0.5) is 5.82 Å². The number of hydrogen-bond donors (Lipinski definition) is 1. The van der Waals surface area contributed by atoms with Crippen molar-refractivity contribution in [1.82, 2.24) is 15.2 Å². The summed E-state index contributed by atoms with van der Waals surface area (Å²) >= 11 is 0. The average Bonchev–Trinajstić information content (AvgIpc) is 3.19. The van der Waals surface area contributed by atoms with E-state index in [4.69, 9.17) is 0 Å². The van der Waals surface area contributed by atoms with E-state index in [1.165, 1.54) is 5.56 Å². The molecule has 1 amide bonds. The Kier molecular flexibility index (Phi) is 2.61. The van der Waals surface area contributed by atoms with E-state index < -0.39 is 0 Å². The molecule has 3 aromatic rings. The highest BCUT2D eigenvalue weighted by atomic mass is 16.2. The van der Waals surface area contributed by atoms with E-state index in [1.807, 2.05) is 53.4 Å². The molecule has 6 heteroatoms. The maximum Gasteiger partial charge on any atom is 0.276 e. The predicted octanol–water partition coefficient (Wildman–Crippen LogP) is 2.30. The molecule has 0 fully saturated rings. The highest BCUT2D eigenvalue weighted by Gasteiger charge is 2.35. The number of amides is 1. The van der Waals surface area contributed by atoms with E-state index in [2.05, 4.69) is 21.7 Å². The number of nitrogens with zero attached hydrogens (tertiary/aromatic N) is 4. The van der Waals surface area contributed by atoms with Crippen LogP contribution in [0.15, 0.2) is 65.9 Å². The maximum atomic E-state index is 12.4. The number of fused-ring (bicyclic) bond motifs is 5. The van der Waals surface area contributed by atoms with E-state index in [0.717, 1.165) is 22.9 Å². The average molecular weight is 315 g/mol. The first kappa shape index (κ1) is 13.1. The van der Waals surface area contributed by atoms with E-state index in [-0.39, 0.29) is 5.91 Å². The molecule has 0 saturated heterocycles. The van der Waals surface area contributed by atoms with Gasteiger partial charge in [-0.25, -0.2) is 10.1 Å². The molecule has 3 heterocycles. The molecular weight excluding hydrogens is 302 g/mol. The first-order valence-corrected chi connectivity index (χ1v) is 7.70. The molecule has 2 aliphatic rings. The number of hydrogen-bond acceptors (Lipinski definition) is 4. The van der Waals surface area contributed by atoms with Gasteiger partial charge in [0, 0.05) is 5.56 Å². The number of carbonyl (C=O) groups is 1. The highest BCUT2D eigenvalue weighted by Crippen LogP contribution is 2.34. The highest BCUT2D eigenvalue weighted by molar-refractivity contribution is 6.17. The van der Waals surface area contributed by atoms with Crippen LogP contribution in [-0.2, 0) is 6.54 Å². The second kappa shape index (κ2) is 4.79. The van der Waals surface area contributed by atoms with Crippen molar-refractivity contribution in [1.29, 1.82) is 0 Å². The van der Waals surface area contributed by atoms with Gasteiger partial charge in [-0.2, -0.15) is 10.2 Å². The van der Waals surface area contributed by atoms with Crippen molar-refractivity contribution < 1.29 is 4.79 Å². The Labute approximate surface area is 138 Å². The van der Waals surface area contributed by atoms with E-state index in [9.17, 15) is 4.79 Å². The lowest BCUT2D eigenvalue weighted by molar-refractivity contribution is 0.0956. The summed E-state index contributed by atoms with van der Waals surface area (Å²) in [6.07, 6.45) is 1.60. The van der Waals surface area contributed by atoms with Crippen molar-refractivity contribution in [2.45, 2.75) is 6.54 Å². The largest absolute Gasteiger partial charge is 0.304 e. The topological polar surface area (TPSA) is 62.5 Å². The number of anilines is 1. The second-order valence-electron chi connectivity index (χ2n) is 5.75. The summed E-state index contributed by atoms with van der Waals surface area (Å²) in [5, 5.41) is 8.77. The quantitative estimate of drug-likeness (QED) is 0.749. The number of para-hydroxylation sites is 1. The third-order valence-electron chi connectivity index (χ3n) is 4.35. The number of hydrazone groups is 1. The van der Waals surface area contributed by atoms with Crippen molar-refractivity contribution in [2.75, 3.05) is 4.90 Å². The van der Waals surface area contributed by atoms with Gasteiger partial charge in [-0.05, 0) is 17.7 Å². The Hall–Kier alpha value is -3.41. The van der Waals surface area contributed by atoms with Crippen LogP contribution in [0.1, 0.15) is 21.5 Å². The van der Waals surface area contributed by atoms with Crippen LogP contribution in [0.2, 0.25) is 0 Å². The molecule has 0 spiro atoms. The van der Waals surface area contributed by atoms with Crippen molar-refractivity contribution in [3.8, 4) is 5.69 Å². The molecule has 0 radical (unpaired) electrons. The van der Waals surface area contributed by atoms with Crippen molar-refractivity contribution in [3.63, 3.8) is 0 Å². The van der Waals surface area contributed by atoms with Gasteiger partial charge in [-0.1, -0.05) is 42.5 Å². The number of nitrogens with one attached hydrogen (secondary N) is 1. The minimum Gasteiger partial charge on any atom is -0.304 e. The Morgan fingerprint density at radius 2 is 1.75 bits per heavy atom. The van der Waals surface area contributed by atoms with Gasteiger partial charge < -0.3 is 4.90 Å². The second-order valence-corrected chi connectivity index (χ2v) is 5.75. The van der Waals surface area contributed by atoms with Gasteiger partial charge in [0.1, 0.15) is 5.56 Å². The normalized spacial score (nSPS) is 15.1. The molecule has 0 saturated carbocycles. The Bertz CT molecular complexity index is 990. The molecule has 2 aliphatic heterocycles. The molecule has 2 aromatic carbocycles. The van der Waals surface area contributed by atoms with Crippen LogP contribution in [-0.4, -0.2) is 21.5 Å². The molecule has 24 heavy (non-hydrogen) atoms. The van der Waals surface area contributed by atoms with Crippen LogP contribution in [0.3, 0.4) is 0 Å². The van der Waals surface area contributed by atoms with Crippen LogP contribution >= 0.6 is 0 Å². The lowest BCUT2D eigenvalue weighted by Crippen LogP contribution is -2.27. The molecule has 116 valence electrons. The number of aromatic nitrogens is 2. The van der Waals surface area contributed by atoms with Crippen molar-refractivity contribution in [2.24, 2.45) is 5.10 Å². The lowest BCUT2D eigenvalue weighted by Gasteiger charge is -2.19. The van der Waals surface area contributed by atoms with Crippen molar-refractivity contribution >= 4 is 17.6 Å². The SMILES string of the molecule is O=C1NN=C2c3ccccc3CN2c2c1cnn2-c1ccccc1. The van der Waals surface area contributed by atoms with E-state index in [0.29, 0.717) is 12.1 Å². The summed E-state index contributed by atoms with van der Waals surface area (Å²) in [5.41, 5.74) is 6.27. The Morgan fingerprint density at radius 1 is 0.958 bits per heavy atom. The smallest absolute Gasteiger partial charge is 0.276 e. The lowest BCUT2D eigenvalue weighted by atomic mass is 10.1. The van der Waals surface area contributed by atoms with Crippen LogP contribution in [0.5, 0.6) is 0 Å². The zero-order valence-electron chi connectivity index (χ0n) is 12.7. The minimum absolute atomic E-state index is 0.244. The fourth-order valence-corrected chi connectivity index (χ4v) is 3.25. The third kappa shape index (κ3) is 1.73. The maximum absolute atomic E-state index is 12.4. The first-order chi connectivity index (χ1) is 11.8. The Balaban J connectivity index is 1.74. The standard InChI is InChI=1S/C18H13N5O/c24-17-15-10-19-23(13-7-2-1-3-8-13)18(15)22-11-12-6-4-5-9-14(12)16(22)20-21-17/h1-10H,11H2,(H,21,24). The molecule has 0 bridgehead atoms. The third-order valence-corrected chi connectivity index (χ3v) is 4.35. The monoisotopic (exact) mass is 315 g/mol. The predicted molar refractivity (Wildman–Crippen MR) is 90.2 cm³/mol. The zero-order chi connectivity index (χ0) is 16.1. The molecule has 0 unspecified atom stereocenters. The number of rotatable bonds is 1. The van der Waals surface area contributed by atoms with Gasteiger partial charge in [0.15, 0.2) is 11.7 Å². The summed E-state index contributed by atoms with van der Waals surface area (Å²) in [5.74, 6) is 1.24. The first-order valence-electron chi connectivity index (χ1n) is 7.70. The fourth-order valence-electron chi connectivity index (χ4n) is 3.25. The molecular formula is C18H13N5O. The van der Waals surface area contributed by atoms with Crippen molar-refractivity contribution in [3.05, 3.63) is 77.5 Å². The van der Waals surface area contributed by atoms with Gasteiger partial charge >= 0.3 is 0 Å². The molecule has 0 aliphatic carbocycles. The number of carbonyl (C=O) groups excluding carboxylic acids is 1. The minimum atomic E-state index is -0.244. The zero-order valence-corrected chi connectivity index (χ0v) is 12.7. The van der Waals surface area contributed by atoms with Gasteiger partial charge in [0.05, 0.1) is 18.4 Å². The summed E-state index contributed by atoms with van der Waals surface area (Å²) in [6.45, 7) is 0.662. The van der Waals surface area contributed by atoms with Gasteiger partial charge in [0.2, 0.25) is 0 Å². The molecule has 1 N–H and O–H groups in total. The molecule has 5 rings (SSSR count). The number of benzene rings is 2. The van der Waals surface area contributed by atoms with E-state index >= 15 is 0 Å². The Morgan fingerprint density at radius 3 is 2.62 bits per heavy atom. The van der Waals surface area contributed by atoms with Gasteiger partial charge in [-0.15, -0.1) is 0 Å². The number of amidine groups is 1. The van der Waals surface area contributed by atoms with Crippen LogP contribution in [0, 0.1) is 0 Å². The fraction of sp³-hybridized carbons (Fsp3) is 0.0556. The van der Waals surface area contributed by atoms with Gasteiger partial charge in [0.25, 0.3) is 5.91 Å². The van der Waals surface area contributed by atoms with Crippen LogP contribution < -0.4 is 10.3 Å². The molecule has 0 atom stereocenters. The summed E-state index contributed by atoms with van der Waals surface area (Å²) in [7, 11) is 0.